The number of para-hydroxylation sites is 1. The Morgan fingerprint density at radius 2 is 1.67 bits per heavy atom. The van der Waals surface area contributed by atoms with E-state index >= 15 is 0 Å². The van der Waals surface area contributed by atoms with Gasteiger partial charge in [-0.25, -0.2) is 0 Å². The fourth-order valence-electron chi connectivity index (χ4n) is 3.03. The number of carbonyl (C=O) groups is 1. The second-order valence-electron chi connectivity index (χ2n) is 6.40. The van der Waals surface area contributed by atoms with E-state index in [1.54, 1.807) is 7.11 Å². The van der Waals surface area contributed by atoms with E-state index in [0.717, 1.165) is 11.3 Å². The lowest BCUT2D eigenvalue weighted by Crippen LogP contribution is -2.05. The zero-order chi connectivity index (χ0) is 20.9. The maximum absolute atomic E-state index is 12.6. The van der Waals surface area contributed by atoms with Crippen LogP contribution in [0.3, 0.4) is 0 Å². The van der Waals surface area contributed by atoms with Crippen molar-refractivity contribution in [1.82, 2.24) is 14.8 Å². The quantitative estimate of drug-likeness (QED) is 0.280. The highest BCUT2D eigenvalue weighted by Crippen LogP contribution is 2.33. The Balaban J connectivity index is 1.73. The highest BCUT2D eigenvalue weighted by atomic mass is 35.5. The zero-order valence-corrected chi connectivity index (χ0v) is 17.7. The number of benzene rings is 3. The predicted molar refractivity (Wildman–Crippen MR) is 120 cm³/mol. The van der Waals surface area contributed by atoms with Crippen LogP contribution in [0.15, 0.2) is 84.0 Å². The van der Waals surface area contributed by atoms with Gasteiger partial charge in [-0.3, -0.25) is 9.36 Å². The van der Waals surface area contributed by atoms with Crippen LogP contribution in [0.2, 0.25) is 5.02 Å². The zero-order valence-electron chi connectivity index (χ0n) is 16.2. The summed E-state index contributed by atoms with van der Waals surface area (Å²) in [7, 11) is 1.62. The van der Waals surface area contributed by atoms with Crippen molar-refractivity contribution >= 4 is 29.1 Å². The standard InChI is InChI=1S/C23H18ClN3O2S/c1-29-21-10-6-5-9-19(21)22-25-26-23(27(22)18-13-11-17(24)12-14-18)30-15-20(28)16-7-3-2-4-8-16/h2-14H,15H2,1H3. The van der Waals surface area contributed by atoms with Crippen LogP contribution in [0.1, 0.15) is 10.4 Å². The van der Waals surface area contributed by atoms with Crippen molar-refractivity contribution in [2.45, 2.75) is 5.16 Å². The lowest BCUT2D eigenvalue weighted by Gasteiger charge is -2.12. The van der Waals surface area contributed by atoms with Crippen molar-refractivity contribution in [3.05, 3.63) is 89.4 Å². The number of ketones is 1. The number of nitrogens with zero attached hydrogens (tertiary/aromatic N) is 3. The minimum atomic E-state index is 0.0325. The molecule has 0 saturated heterocycles. The lowest BCUT2D eigenvalue weighted by atomic mass is 10.2. The van der Waals surface area contributed by atoms with Crippen LogP contribution >= 0.6 is 23.4 Å². The number of rotatable bonds is 7. The van der Waals surface area contributed by atoms with E-state index in [1.807, 2.05) is 83.4 Å². The molecule has 0 N–H and O–H groups in total. The largest absolute Gasteiger partial charge is 0.496 e. The summed E-state index contributed by atoms with van der Waals surface area (Å²) in [5.74, 6) is 1.60. The molecule has 0 bridgehead atoms. The molecular weight excluding hydrogens is 418 g/mol. The van der Waals surface area contributed by atoms with Crippen molar-refractivity contribution < 1.29 is 9.53 Å². The Morgan fingerprint density at radius 1 is 0.967 bits per heavy atom. The molecule has 5 nitrogen and oxygen atoms in total. The molecule has 1 aromatic heterocycles. The van der Waals surface area contributed by atoms with E-state index in [1.165, 1.54) is 11.8 Å². The number of aromatic nitrogens is 3. The first-order chi connectivity index (χ1) is 14.7. The van der Waals surface area contributed by atoms with E-state index < -0.39 is 0 Å². The van der Waals surface area contributed by atoms with Gasteiger partial charge < -0.3 is 4.74 Å². The second-order valence-corrected chi connectivity index (χ2v) is 7.78. The molecule has 0 atom stereocenters. The highest BCUT2D eigenvalue weighted by molar-refractivity contribution is 7.99. The Hall–Kier alpha value is -3.09. The Labute approximate surface area is 183 Å². The summed E-state index contributed by atoms with van der Waals surface area (Å²) in [6.07, 6.45) is 0. The number of halogens is 1. The van der Waals surface area contributed by atoms with E-state index in [-0.39, 0.29) is 11.5 Å². The number of thioether (sulfide) groups is 1. The highest BCUT2D eigenvalue weighted by Gasteiger charge is 2.20. The first kappa shape index (κ1) is 20.2. The Morgan fingerprint density at radius 3 is 2.40 bits per heavy atom. The molecule has 0 aliphatic rings. The molecule has 4 aromatic rings. The van der Waals surface area contributed by atoms with Crippen LogP contribution < -0.4 is 4.74 Å². The molecule has 0 fully saturated rings. The van der Waals surface area contributed by atoms with Crippen molar-refractivity contribution in [1.29, 1.82) is 0 Å². The molecule has 30 heavy (non-hydrogen) atoms. The van der Waals surface area contributed by atoms with Gasteiger partial charge in [0.2, 0.25) is 0 Å². The average Bonchev–Trinajstić information content (AvgIpc) is 3.22. The van der Waals surface area contributed by atoms with Crippen molar-refractivity contribution in [2.75, 3.05) is 12.9 Å². The predicted octanol–water partition coefficient (Wildman–Crippen LogP) is 5.57. The van der Waals surface area contributed by atoms with Gasteiger partial charge in [-0.1, -0.05) is 65.8 Å². The normalized spacial score (nSPS) is 10.7. The number of hydrogen-bond acceptors (Lipinski definition) is 5. The van der Waals surface area contributed by atoms with E-state index in [9.17, 15) is 4.79 Å². The third kappa shape index (κ3) is 4.25. The summed E-state index contributed by atoms with van der Waals surface area (Å²) < 4.78 is 7.43. The molecule has 0 saturated carbocycles. The Bertz CT molecular complexity index is 1160. The minimum absolute atomic E-state index is 0.0325. The number of hydrogen-bond donors (Lipinski definition) is 0. The number of ether oxygens (including phenoxy) is 1. The van der Waals surface area contributed by atoms with E-state index in [2.05, 4.69) is 10.2 Å². The van der Waals surface area contributed by atoms with Gasteiger partial charge in [0.25, 0.3) is 0 Å². The molecule has 7 heteroatoms. The number of Topliss-reactive ketones (excluding diaryl/α,β-unsaturated/α-hetero) is 1. The van der Waals surface area contributed by atoms with E-state index in [0.29, 0.717) is 27.3 Å². The topological polar surface area (TPSA) is 57.0 Å². The first-order valence-corrected chi connectivity index (χ1v) is 10.6. The summed E-state index contributed by atoms with van der Waals surface area (Å²) in [4.78, 5) is 12.6. The molecular formula is C23H18ClN3O2S. The molecule has 0 amide bonds. The van der Waals surface area contributed by atoms with Gasteiger partial charge in [0.05, 0.1) is 18.4 Å². The number of methoxy groups -OCH3 is 1. The second kappa shape index (κ2) is 9.15. The lowest BCUT2D eigenvalue weighted by molar-refractivity contribution is 0.102. The van der Waals surface area contributed by atoms with Crippen LogP contribution in [0.5, 0.6) is 5.75 Å². The summed E-state index contributed by atoms with van der Waals surface area (Å²) in [6.45, 7) is 0. The SMILES string of the molecule is COc1ccccc1-c1nnc(SCC(=O)c2ccccc2)n1-c1ccc(Cl)cc1. The van der Waals surface area contributed by atoms with Gasteiger partial charge >= 0.3 is 0 Å². The van der Waals surface area contributed by atoms with Gasteiger partial charge in [0, 0.05) is 16.3 Å². The maximum Gasteiger partial charge on any atom is 0.196 e. The summed E-state index contributed by atoms with van der Waals surface area (Å²) in [6, 6.07) is 24.3. The van der Waals surface area contributed by atoms with Gasteiger partial charge in [0.15, 0.2) is 16.8 Å². The monoisotopic (exact) mass is 435 g/mol. The van der Waals surface area contributed by atoms with Gasteiger partial charge in [0.1, 0.15) is 5.75 Å². The van der Waals surface area contributed by atoms with Gasteiger partial charge in [-0.2, -0.15) is 0 Å². The molecule has 150 valence electrons. The molecule has 1 heterocycles. The summed E-state index contributed by atoms with van der Waals surface area (Å²) >= 11 is 7.42. The van der Waals surface area contributed by atoms with Crippen molar-refractivity contribution in [3.8, 4) is 22.8 Å². The fraction of sp³-hybridized carbons (Fsp3) is 0.0870. The molecule has 3 aromatic carbocycles. The molecule has 4 rings (SSSR count). The maximum atomic E-state index is 12.6. The van der Waals surface area contributed by atoms with Crippen LogP contribution in [-0.2, 0) is 0 Å². The van der Waals surface area contributed by atoms with Gasteiger partial charge in [-0.05, 0) is 36.4 Å². The van der Waals surface area contributed by atoms with Crippen LogP contribution in [0.25, 0.3) is 17.1 Å². The smallest absolute Gasteiger partial charge is 0.196 e. The summed E-state index contributed by atoms with van der Waals surface area (Å²) in [5.41, 5.74) is 2.33. The van der Waals surface area contributed by atoms with Crippen LogP contribution in [0.4, 0.5) is 0 Å². The number of carbonyl (C=O) groups excluding carboxylic acids is 1. The molecule has 0 aliphatic carbocycles. The first-order valence-electron chi connectivity index (χ1n) is 9.23. The van der Waals surface area contributed by atoms with Crippen molar-refractivity contribution in [2.24, 2.45) is 0 Å². The molecule has 0 unspecified atom stereocenters. The fourth-order valence-corrected chi connectivity index (χ4v) is 4.00. The Kier molecular flexibility index (Phi) is 6.16. The third-order valence-corrected chi connectivity index (χ3v) is 5.68. The average molecular weight is 436 g/mol. The van der Waals surface area contributed by atoms with Crippen LogP contribution in [0, 0.1) is 0 Å². The third-order valence-electron chi connectivity index (χ3n) is 4.49. The summed E-state index contributed by atoms with van der Waals surface area (Å²) in [5, 5.41) is 10.0. The van der Waals surface area contributed by atoms with Gasteiger partial charge in [-0.15, -0.1) is 10.2 Å². The minimum Gasteiger partial charge on any atom is -0.496 e. The van der Waals surface area contributed by atoms with E-state index in [4.69, 9.17) is 16.3 Å². The molecule has 0 aliphatic heterocycles. The van der Waals surface area contributed by atoms with Crippen molar-refractivity contribution in [3.63, 3.8) is 0 Å². The van der Waals surface area contributed by atoms with Crippen LogP contribution in [-0.4, -0.2) is 33.4 Å². The molecule has 0 radical (unpaired) electrons. The molecule has 0 spiro atoms.